The van der Waals surface area contributed by atoms with E-state index in [1.165, 1.54) is 11.1 Å². The second kappa shape index (κ2) is 8.45. The van der Waals surface area contributed by atoms with Crippen LogP contribution in [0.1, 0.15) is 55.5 Å². The molecule has 1 fully saturated rings. The number of piperidine rings is 1. The number of aromatic nitrogens is 1. The molecule has 1 N–H and O–H groups in total. The number of hydrogen-bond donors (Lipinski definition) is 1. The van der Waals surface area contributed by atoms with Crippen molar-refractivity contribution in [3.05, 3.63) is 65.5 Å². The number of likely N-dealkylation sites (tertiary alicyclic amines) is 1. The number of benzene rings is 1. The van der Waals surface area contributed by atoms with Gasteiger partial charge in [0.25, 0.3) is 0 Å². The normalized spacial score (nSPS) is 19.4. The lowest BCUT2D eigenvalue weighted by Gasteiger charge is -2.37. The number of rotatable bonds is 6. The van der Waals surface area contributed by atoms with E-state index >= 15 is 0 Å². The van der Waals surface area contributed by atoms with E-state index in [0.29, 0.717) is 12.5 Å². The van der Waals surface area contributed by atoms with Crippen molar-refractivity contribution in [2.45, 2.75) is 45.1 Å². The van der Waals surface area contributed by atoms with E-state index in [4.69, 9.17) is 0 Å². The molecular formula is C22H28N2O2. The summed E-state index contributed by atoms with van der Waals surface area (Å²) in [6.45, 7) is 5.94. The average Bonchev–Trinajstić information content (AvgIpc) is 2.67. The molecule has 1 aromatic carbocycles. The van der Waals surface area contributed by atoms with Gasteiger partial charge in [-0.2, -0.15) is 0 Å². The standard InChI is InChI=1S/C22H28N2O2/c1-16(2)17-8-10-18(11-9-17)21(14-20-7-3-4-12-23-20)24-13-5-6-19(15-24)22(25)26/h3-4,7-12,16,19,21H,5-6,13-15H2,1-2H3,(H,25,26). The van der Waals surface area contributed by atoms with Crippen LogP contribution in [0.3, 0.4) is 0 Å². The smallest absolute Gasteiger partial charge is 0.307 e. The van der Waals surface area contributed by atoms with Gasteiger partial charge >= 0.3 is 5.97 Å². The first-order chi connectivity index (χ1) is 12.5. The molecule has 2 aromatic rings. The van der Waals surface area contributed by atoms with E-state index in [-0.39, 0.29) is 12.0 Å². The fourth-order valence-electron chi connectivity index (χ4n) is 3.77. The first-order valence-electron chi connectivity index (χ1n) is 9.51. The van der Waals surface area contributed by atoms with Crippen LogP contribution in [0, 0.1) is 5.92 Å². The number of carboxylic acid groups (broad SMARTS) is 1. The molecule has 138 valence electrons. The highest BCUT2D eigenvalue weighted by Gasteiger charge is 2.30. The molecule has 1 aliphatic heterocycles. The predicted molar refractivity (Wildman–Crippen MR) is 103 cm³/mol. The molecule has 2 atom stereocenters. The summed E-state index contributed by atoms with van der Waals surface area (Å²) in [5, 5.41) is 9.46. The summed E-state index contributed by atoms with van der Waals surface area (Å²) in [5.41, 5.74) is 3.61. The van der Waals surface area contributed by atoms with Crippen LogP contribution >= 0.6 is 0 Å². The van der Waals surface area contributed by atoms with Crippen molar-refractivity contribution >= 4 is 5.97 Å². The number of carboxylic acids is 1. The third-order valence-corrected chi connectivity index (χ3v) is 5.36. The summed E-state index contributed by atoms with van der Waals surface area (Å²) in [6, 6.07) is 14.9. The minimum atomic E-state index is -0.679. The Balaban J connectivity index is 1.87. The van der Waals surface area contributed by atoms with Gasteiger partial charge in [-0.15, -0.1) is 0 Å². The molecule has 26 heavy (non-hydrogen) atoms. The molecule has 0 spiro atoms. The Hall–Kier alpha value is -2.20. The summed E-state index contributed by atoms with van der Waals surface area (Å²) >= 11 is 0. The molecular weight excluding hydrogens is 324 g/mol. The zero-order valence-electron chi connectivity index (χ0n) is 15.6. The van der Waals surface area contributed by atoms with Crippen molar-refractivity contribution in [1.82, 2.24) is 9.88 Å². The SMILES string of the molecule is CC(C)c1ccc(C(Cc2ccccn2)N2CCCC(C(=O)O)C2)cc1. The quantitative estimate of drug-likeness (QED) is 0.843. The lowest BCUT2D eigenvalue weighted by molar-refractivity contribution is -0.144. The third-order valence-electron chi connectivity index (χ3n) is 5.36. The summed E-state index contributed by atoms with van der Waals surface area (Å²) in [5.74, 6) is -0.448. The number of aliphatic carboxylic acids is 1. The highest BCUT2D eigenvalue weighted by atomic mass is 16.4. The van der Waals surface area contributed by atoms with Crippen molar-refractivity contribution in [1.29, 1.82) is 0 Å². The van der Waals surface area contributed by atoms with Gasteiger partial charge < -0.3 is 5.11 Å². The second-order valence-electron chi connectivity index (χ2n) is 7.53. The van der Waals surface area contributed by atoms with E-state index in [1.54, 1.807) is 0 Å². The molecule has 0 saturated carbocycles. The first kappa shape index (κ1) is 18.6. The second-order valence-corrected chi connectivity index (χ2v) is 7.53. The van der Waals surface area contributed by atoms with Gasteiger partial charge in [-0.05, 0) is 48.6 Å². The van der Waals surface area contributed by atoms with E-state index in [9.17, 15) is 9.90 Å². The summed E-state index contributed by atoms with van der Waals surface area (Å²) in [7, 11) is 0. The molecule has 0 aliphatic carbocycles. The Kier molecular flexibility index (Phi) is 6.04. The molecule has 4 heteroatoms. The van der Waals surface area contributed by atoms with Crippen molar-refractivity contribution in [3.8, 4) is 0 Å². The Bertz CT molecular complexity index is 713. The molecule has 1 aromatic heterocycles. The van der Waals surface area contributed by atoms with E-state index < -0.39 is 5.97 Å². The van der Waals surface area contributed by atoms with Crippen LogP contribution in [0.15, 0.2) is 48.7 Å². The van der Waals surface area contributed by atoms with Crippen LogP contribution in [0.4, 0.5) is 0 Å². The molecule has 1 saturated heterocycles. The lowest BCUT2D eigenvalue weighted by Crippen LogP contribution is -2.41. The molecule has 2 heterocycles. The molecule has 4 nitrogen and oxygen atoms in total. The molecule has 0 bridgehead atoms. The maximum Gasteiger partial charge on any atom is 0.307 e. The van der Waals surface area contributed by atoms with Crippen LogP contribution in [0.25, 0.3) is 0 Å². The minimum absolute atomic E-state index is 0.160. The molecule has 2 unspecified atom stereocenters. The molecule has 3 rings (SSSR count). The number of nitrogens with zero attached hydrogens (tertiary/aromatic N) is 2. The monoisotopic (exact) mass is 352 g/mol. The Labute approximate surface area is 155 Å². The summed E-state index contributed by atoms with van der Waals surface area (Å²) in [6.07, 6.45) is 4.33. The van der Waals surface area contributed by atoms with E-state index in [2.05, 4.69) is 48.0 Å². The van der Waals surface area contributed by atoms with Gasteiger partial charge in [0.05, 0.1) is 5.92 Å². The van der Waals surface area contributed by atoms with Crippen LogP contribution in [0.2, 0.25) is 0 Å². The maximum absolute atomic E-state index is 11.5. The molecule has 0 amide bonds. The zero-order chi connectivity index (χ0) is 18.5. The van der Waals surface area contributed by atoms with Gasteiger partial charge in [0.1, 0.15) is 0 Å². The van der Waals surface area contributed by atoms with Gasteiger partial charge in [-0.25, -0.2) is 0 Å². The molecule has 1 aliphatic rings. The van der Waals surface area contributed by atoms with Crippen LogP contribution < -0.4 is 0 Å². The number of carbonyl (C=O) groups is 1. The van der Waals surface area contributed by atoms with Gasteiger partial charge in [0.15, 0.2) is 0 Å². The van der Waals surface area contributed by atoms with Crippen molar-refractivity contribution in [2.75, 3.05) is 13.1 Å². The highest BCUT2D eigenvalue weighted by molar-refractivity contribution is 5.70. The maximum atomic E-state index is 11.5. The Morgan fingerprint density at radius 3 is 2.54 bits per heavy atom. The van der Waals surface area contributed by atoms with Gasteiger partial charge in [-0.3, -0.25) is 14.7 Å². The Morgan fingerprint density at radius 1 is 1.19 bits per heavy atom. The van der Waals surface area contributed by atoms with Gasteiger partial charge in [-0.1, -0.05) is 44.2 Å². The summed E-state index contributed by atoms with van der Waals surface area (Å²) < 4.78 is 0. The molecule has 0 radical (unpaired) electrons. The predicted octanol–water partition coefficient (Wildman–Crippen LogP) is 4.29. The minimum Gasteiger partial charge on any atom is -0.481 e. The topological polar surface area (TPSA) is 53.4 Å². The third kappa shape index (κ3) is 4.50. The van der Waals surface area contributed by atoms with Crippen molar-refractivity contribution in [3.63, 3.8) is 0 Å². The largest absolute Gasteiger partial charge is 0.481 e. The lowest BCUT2D eigenvalue weighted by atomic mass is 9.91. The van der Waals surface area contributed by atoms with Crippen molar-refractivity contribution < 1.29 is 9.90 Å². The number of pyridine rings is 1. The highest BCUT2D eigenvalue weighted by Crippen LogP contribution is 2.30. The van der Waals surface area contributed by atoms with E-state index in [0.717, 1.165) is 31.5 Å². The van der Waals surface area contributed by atoms with Crippen LogP contribution in [0.5, 0.6) is 0 Å². The average molecular weight is 352 g/mol. The van der Waals surface area contributed by atoms with Gasteiger partial charge in [0.2, 0.25) is 0 Å². The summed E-state index contributed by atoms with van der Waals surface area (Å²) in [4.78, 5) is 18.3. The number of hydrogen-bond acceptors (Lipinski definition) is 3. The van der Waals surface area contributed by atoms with Crippen LogP contribution in [-0.4, -0.2) is 34.0 Å². The Morgan fingerprint density at radius 2 is 1.92 bits per heavy atom. The van der Waals surface area contributed by atoms with Crippen molar-refractivity contribution in [2.24, 2.45) is 5.92 Å². The van der Waals surface area contributed by atoms with Crippen LogP contribution in [-0.2, 0) is 11.2 Å². The fraction of sp³-hybridized carbons (Fsp3) is 0.455. The van der Waals surface area contributed by atoms with E-state index in [1.807, 2.05) is 24.4 Å². The van der Waals surface area contributed by atoms with Gasteiger partial charge in [0, 0.05) is 30.9 Å². The fourth-order valence-corrected chi connectivity index (χ4v) is 3.77. The zero-order valence-corrected chi connectivity index (χ0v) is 15.6. The first-order valence-corrected chi connectivity index (χ1v) is 9.51.